The van der Waals surface area contributed by atoms with Crippen molar-refractivity contribution in [2.45, 2.75) is 33.7 Å². The Hall–Kier alpha value is -0.0800. The van der Waals surface area contributed by atoms with Gasteiger partial charge in [0.25, 0.3) is 0 Å². The summed E-state index contributed by atoms with van der Waals surface area (Å²) in [5.41, 5.74) is 0. The fraction of sp³-hybridized carbons (Fsp3) is 1.00. The quantitative estimate of drug-likeness (QED) is 0.701. The van der Waals surface area contributed by atoms with Gasteiger partial charge in [-0.3, -0.25) is 4.90 Å². The lowest BCUT2D eigenvalue weighted by Crippen LogP contribution is -2.37. The molecule has 0 saturated carbocycles. The van der Waals surface area contributed by atoms with Crippen molar-refractivity contribution in [3.05, 3.63) is 0 Å². The van der Waals surface area contributed by atoms with Crippen LogP contribution in [0.15, 0.2) is 0 Å². The van der Waals surface area contributed by atoms with E-state index in [2.05, 4.69) is 37.9 Å². The summed E-state index contributed by atoms with van der Waals surface area (Å²) in [6.07, 6.45) is 0. The number of rotatable bonds is 2. The maximum atomic E-state index is 3.52. The van der Waals surface area contributed by atoms with Crippen LogP contribution in [0.2, 0.25) is 0 Å². The van der Waals surface area contributed by atoms with Gasteiger partial charge < -0.3 is 5.32 Å². The first-order chi connectivity index (χ1) is 6.11. The van der Waals surface area contributed by atoms with E-state index in [1.807, 2.05) is 0 Å². The predicted molar refractivity (Wildman–Crippen MR) is 57.9 cm³/mol. The third kappa shape index (κ3) is 3.28. The zero-order valence-electron chi connectivity index (χ0n) is 9.51. The first-order valence-electron chi connectivity index (χ1n) is 5.56. The number of nitrogens with zero attached hydrogens (tertiary/aromatic N) is 1. The van der Waals surface area contributed by atoms with Gasteiger partial charge in [0.1, 0.15) is 0 Å². The minimum absolute atomic E-state index is 0.696. The molecular weight excluding hydrogens is 160 g/mol. The van der Waals surface area contributed by atoms with Crippen molar-refractivity contribution in [2.75, 3.05) is 26.2 Å². The predicted octanol–water partition coefficient (Wildman–Crippen LogP) is 1.57. The largest absolute Gasteiger partial charge is 0.315 e. The van der Waals surface area contributed by atoms with Crippen molar-refractivity contribution in [3.63, 3.8) is 0 Å². The molecule has 0 bridgehead atoms. The van der Waals surface area contributed by atoms with E-state index in [0.29, 0.717) is 6.04 Å². The van der Waals surface area contributed by atoms with E-state index in [0.717, 1.165) is 18.4 Å². The molecule has 1 rings (SSSR count). The molecule has 1 atom stereocenters. The monoisotopic (exact) mass is 184 g/mol. The van der Waals surface area contributed by atoms with E-state index < -0.39 is 0 Å². The zero-order valence-corrected chi connectivity index (χ0v) is 9.51. The number of nitrogens with one attached hydrogen (secondary N) is 1. The molecule has 1 fully saturated rings. The summed E-state index contributed by atoms with van der Waals surface area (Å²) < 4.78 is 0. The van der Waals surface area contributed by atoms with Crippen molar-refractivity contribution in [1.82, 2.24) is 10.2 Å². The van der Waals surface area contributed by atoms with Crippen LogP contribution in [0, 0.1) is 11.8 Å². The summed E-state index contributed by atoms with van der Waals surface area (Å²) in [6, 6.07) is 0.696. The fourth-order valence-corrected chi connectivity index (χ4v) is 1.88. The highest BCUT2D eigenvalue weighted by molar-refractivity contribution is 4.77. The zero-order chi connectivity index (χ0) is 9.84. The summed E-state index contributed by atoms with van der Waals surface area (Å²) in [7, 11) is 0. The molecule has 0 aliphatic carbocycles. The highest BCUT2D eigenvalue weighted by Gasteiger charge is 2.21. The third-order valence-corrected chi connectivity index (χ3v) is 3.12. The molecule has 1 unspecified atom stereocenters. The van der Waals surface area contributed by atoms with Crippen LogP contribution in [-0.4, -0.2) is 37.1 Å². The van der Waals surface area contributed by atoms with Crippen LogP contribution in [0.3, 0.4) is 0 Å². The van der Waals surface area contributed by atoms with Crippen LogP contribution >= 0.6 is 0 Å². The van der Waals surface area contributed by atoms with Crippen molar-refractivity contribution in [2.24, 2.45) is 11.8 Å². The van der Waals surface area contributed by atoms with Gasteiger partial charge in [0.05, 0.1) is 0 Å². The van der Waals surface area contributed by atoms with Gasteiger partial charge in [-0.25, -0.2) is 0 Å². The lowest BCUT2D eigenvalue weighted by molar-refractivity contribution is 0.189. The van der Waals surface area contributed by atoms with Gasteiger partial charge in [0.2, 0.25) is 0 Å². The molecule has 0 aromatic heterocycles. The Balaban J connectivity index is 2.49. The normalized spacial score (nSPS) is 26.8. The van der Waals surface area contributed by atoms with Crippen LogP contribution in [-0.2, 0) is 0 Å². The molecule has 1 aliphatic heterocycles. The number of hydrogen-bond acceptors (Lipinski definition) is 2. The number of hydrogen-bond donors (Lipinski definition) is 1. The first-order valence-corrected chi connectivity index (χ1v) is 5.56. The average molecular weight is 184 g/mol. The molecule has 1 N–H and O–H groups in total. The van der Waals surface area contributed by atoms with Crippen LogP contribution in [0.5, 0.6) is 0 Å². The van der Waals surface area contributed by atoms with Crippen LogP contribution < -0.4 is 5.32 Å². The van der Waals surface area contributed by atoms with Gasteiger partial charge in [0, 0.05) is 25.7 Å². The second-order valence-corrected chi connectivity index (χ2v) is 4.80. The molecule has 0 aromatic rings. The SMILES string of the molecule is CC(C)C1CNCCN(C(C)C)C1. The molecule has 1 aliphatic rings. The second kappa shape index (κ2) is 4.97. The Labute approximate surface area is 82.7 Å². The summed E-state index contributed by atoms with van der Waals surface area (Å²) in [5.74, 6) is 1.62. The summed E-state index contributed by atoms with van der Waals surface area (Å²) in [6.45, 7) is 14.1. The first kappa shape index (κ1) is 11.0. The van der Waals surface area contributed by atoms with E-state index in [4.69, 9.17) is 0 Å². The van der Waals surface area contributed by atoms with Gasteiger partial charge in [-0.15, -0.1) is 0 Å². The molecule has 0 spiro atoms. The van der Waals surface area contributed by atoms with Crippen molar-refractivity contribution in [3.8, 4) is 0 Å². The van der Waals surface area contributed by atoms with Gasteiger partial charge in [-0.2, -0.15) is 0 Å². The average Bonchev–Trinajstić information content (AvgIpc) is 2.28. The highest BCUT2D eigenvalue weighted by atomic mass is 15.2. The van der Waals surface area contributed by atoms with Gasteiger partial charge in [0.15, 0.2) is 0 Å². The van der Waals surface area contributed by atoms with Crippen LogP contribution in [0.1, 0.15) is 27.7 Å². The highest BCUT2D eigenvalue weighted by Crippen LogP contribution is 2.15. The molecule has 0 aromatic carbocycles. The lowest BCUT2D eigenvalue weighted by atomic mass is 9.95. The van der Waals surface area contributed by atoms with Gasteiger partial charge >= 0.3 is 0 Å². The summed E-state index contributed by atoms with van der Waals surface area (Å²) in [5, 5.41) is 3.52. The molecule has 2 heteroatoms. The topological polar surface area (TPSA) is 15.3 Å². The van der Waals surface area contributed by atoms with E-state index in [1.165, 1.54) is 19.6 Å². The van der Waals surface area contributed by atoms with Crippen LogP contribution in [0.4, 0.5) is 0 Å². The molecule has 1 saturated heterocycles. The molecule has 13 heavy (non-hydrogen) atoms. The molecule has 1 heterocycles. The Morgan fingerprint density at radius 1 is 1.23 bits per heavy atom. The lowest BCUT2D eigenvalue weighted by Gasteiger charge is -2.29. The van der Waals surface area contributed by atoms with Crippen molar-refractivity contribution >= 4 is 0 Å². The fourth-order valence-electron chi connectivity index (χ4n) is 1.88. The Kier molecular flexibility index (Phi) is 4.20. The standard InChI is InChI=1S/C11H24N2/c1-9(2)11-7-12-5-6-13(8-11)10(3)4/h9-12H,5-8H2,1-4H3. The van der Waals surface area contributed by atoms with E-state index in [1.54, 1.807) is 0 Å². The van der Waals surface area contributed by atoms with E-state index in [9.17, 15) is 0 Å². The molecule has 2 nitrogen and oxygen atoms in total. The van der Waals surface area contributed by atoms with Crippen molar-refractivity contribution < 1.29 is 0 Å². The smallest absolute Gasteiger partial charge is 0.0110 e. The maximum Gasteiger partial charge on any atom is 0.0110 e. The minimum atomic E-state index is 0.696. The van der Waals surface area contributed by atoms with E-state index in [-0.39, 0.29) is 0 Å². The Morgan fingerprint density at radius 2 is 1.92 bits per heavy atom. The van der Waals surface area contributed by atoms with Gasteiger partial charge in [-0.05, 0) is 32.2 Å². The Morgan fingerprint density at radius 3 is 2.46 bits per heavy atom. The molecule has 0 radical (unpaired) electrons. The maximum absolute atomic E-state index is 3.52. The van der Waals surface area contributed by atoms with Crippen molar-refractivity contribution in [1.29, 1.82) is 0 Å². The molecule has 0 amide bonds. The van der Waals surface area contributed by atoms with E-state index >= 15 is 0 Å². The summed E-state index contributed by atoms with van der Waals surface area (Å²) >= 11 is 0. The minimum Gasteiger partial charge on any atom is -0.315 e. The second-order valence-electron chi connectivity index (χ2n) is 4.80. The Bertz CT molecular complexity index is 127. The van der Waals surface area contributed by atoms with Gasteiger partial charge in [-0.1, -0.05) is 13.8 Å². The third-order valence-electron chi connectivity index (χ3n) is 3.12. The molecular formula is C11H24N2. The molecule has 78 valence electrons. The van der Waals surface area contributed by atoms with Crippen LogP contribution in [0.25, 0.3) is 0 Å². The summed E-state index contributed by atoms with van der Waals surface area (Å²) in [4.78, 5) is 2.59.